The summed E-state index contributed by atoms with van der Waals surface area (Å²) in [6.07, 6.45) is 3.41. The number of benzene rings is 5. The molecular weight excluding hydrogens is 548 g/mol. The molecule has 8 rings (SSSR count). The highest BCUT2D eigenvalue weighted by Crippen LogP contribution is 2.59. The van der Waals surface area contributed by atoms with Gasteiger partial charge in [0.1, 0.15) is 0 Å². The van der Waals surface area contributed by atoms with Crippen LogP contribution in [0.15, 0.2) is 146 Å². The summed E-state index contributed by atoms with van der Waals surface area (Å²) >= 11 is 0. The van der Waals surface area contributed by atoms with Crippen molar-refractivity contribution in [3.8, 4) is 39.7 Å². The number of fused-ring (bicyclic) bond motifs is 5. The van der Waals surface area contributed by atoms with Crippen molar-refractivity contribution >= 4 is 16.5 Å². The van der Waals surface area contributed by atoms with Crippen LogP contribution in [0.2, 0.25) is 0 Å². The van der Waals surface area contributed by atoms with Crippen molar-refractivity contribution in [1.82, 2.24) is 9.97 Å². The summed E-state index contributed by atoms with van der Waals surface area (Å²) in [6.45, 7) is 7.65. The minimum atomic E-state index is -0.660. The van der Waals surface area contributed by atoms with Crippen LogP contribution in [0.4, 0.5) is 5.69 Å². The molecule has 0 amide bonds. The number of hydrogen-bond donors (Lipinski definition) is 0. The lowest BCUT2D eigenvalue weighted by Gasteiger charge is -2.34. The molecule has 1 aliphatic rings. The van der Waals surface area contributed by atoms with E-state index in [0.717, 1.165) is 61.1 Å². The summed E-state index contributed by atoms with van der Waals surface area (Å²) in [5.41, 5.74) is 10.9. The summed E-state index contributed by atoms with van der Waals surface area (Å²) in [5, 5.41) is 11.8. The molecule has 4 nitrogen and oxygen atoms in total. The van der Waals surface area contributed by atoms with Crippen molar-refractivity contribution < 1.29 is 0 Å². The molecule has 0 radical (unpaired) electrons. The van der Waals surface area contributed by atoms with Crippen LogP contribution in [-0.4, -0.2) is 9.97 Å². The van der Waals surface area contributed by atoms with Gasteiger partial charge in [-0.3, -0.25) is 9.97 Å². The Hall–Kier alpha value is -6.36. The maximum absolute atomic E-state index is 9.62. The average Bonchev–Trinajstić information content (AvgIpc) is 3.42. The molecule has 0 saturated carbocycles. The first-order chi connectivity index (χ1) is 22.2. The van der Waals surface area contributed by atoms with Crippen LogP contribution in [0.1, 0.15) is 27.8 Å². The van der Waals surface area contributed by atoms with Crippen LogP contribution in [0.3, 0.4) is 0 Å². The maximum Gasteiger partial charge on any atom is 0.190 e. The van der Waals surface area contributed by atoms with E-state index in [1.807, 2.05) is 12.1 Å². The van der Waals surface area contributed by atoms with Crippen LogP contribution in [0.5, 0.6) is 0 Å². The molecule has 0 aliphatic heterocycles. The lowest BCUT2D eigenvalue weighted by Crippen LogP contribution is -2.28. The van der Waals surface area contributed by atoms with E-state index in [-0.39, 0.29) is 0 Å². The van der Waals surface area contributed by atoms with Gasteiger partial charge in [-0.2, -0.15) is 5.26 Å². The van der Waals surface area contributed by atoms with Gasteiger partial charge in [0.25, 0.3) is 0 Å². The largest absolute Gasteiger partial charge is 0.259 e. The second-order valence-electron chi connectivity index (χ2n) is 11.2. The molecular formula is C41H24N4. The predicted octanol–water partition coefficient (Wildman–Crippen LogP) is 9.75. The van der Waals surface area contributed by atoms with Crippen LogP contribution >= 0.6 is 0 Å². The smallest absolute Gasteiger partial charge is 0.190 e. The predicted molar refractivity (Wildman–Crippen MR) is 179 cm³/mol. The molecule has 2 heterocycles. The summed E-state index contributed by atoms with van der Waals surface area (Å²) < 4.78 is 0. The molecule has 45 heavy (non-hydrogen) atoms. The Balaban J connectivity index is 1.54. The monoisotopic (exact) mass is 572 g/mol. The Labute approximate surface area is 261 Å². The van der Waals surface area contributed by atoms with Gasteiger partial charge in [0.2, 0.25) is 0 Å². The molecule has 5 aromatic carbocycles. The van der Waals surface area contributed by atoms with Gasteiger partial charge in [0.05, 0.1) is 35.0 Å². The lowest BCUT2D eigenvalue weighted by atomic mass is 9.67. The summed E-state index contributed by atoms with van der Waals surface area (Å²) in [7, 11) is 0. The highest BCUT2D eigenvalue weighted by atomic mass is 14.7. The molecule has 0 atom stereocenters. The van der Waals surface area contributed by atoms with E-state index in [4.69, 9.17) is 11.6 Å². The number of nitrogens with zero attached hydrogens (tertiary/aromatic N) is 4. The van der Waals surface area contributed by atoms with Crippen LogP contribution in [0.25, 0.3) is 49.3 Å². The van der Waals surface area contributed by atoms with E-state index < -0.39 is 5.41 Å². The topological polar surface area (TPSA) is 53.9 Å². The Morgan fingerprint density at radius 2 is 1.27 bits per heavy atom. The number of rotatable bonds is 4. The quantitative estimate of drug-likeness (QED) is 0.197. The molecule has 0 N–H and O–H groups in total. The third kappa shape index (κ3) is 3.98. The van der Waals surface area contributed by atoms with E-state index in [2.05, 4.69) is 125 Å². The third-order valence-corrected chi connectivity index (χ3v) is 8.89. The zero-order chi connectivity index (χ0) is 30.4. The van der Waals surface area contributed by atoms with Gasteiger partial charge < -0.3 is 0 Å². The van der Waals surface area contributed by atoms with Gasteiger partial charge >= 0.3 is 0 Å². The molecule has 4 heteroatoms. The molecule has 0 saturated heterocycles. The number of hydrogen-bond acceptors (Lipinski definition) is 3. The van der Waals surface area contributed by atoms with Crippen molar-refractivity contribution in [3.63, 3.8) is 0 Å². The van der Waals surface area contributed by atoms with Gasteiger partial charge in [-0.15, -0.1) is 0 Å². The highest BCUT2D eigenvalue weighted by molar-refractivity contribution is 6.10. The standard InChI is InChI=1S/C41H24N4/c1-43-31-19-21-45-39(24-31)35-25-37-40(33-15-9-8-14-32(33)35)34-17-16-28(38-22-27(26-42)18-20-44-38)23-36(34)41(37,29-10-4-2-5-11-29)30-12-6-3-7-13-30/h2-25H. The fraction of sp³-hybridized carbons (Fsp3) is 0.0244. The third-order valence-electron chi connectivity index (χ3n) is 8.89. The van der Waals surface area contributed by atoms with Crippen LogP contribution in [-0.2, 0) is 5.41 Å². The van der Waals surface area contributed by atoms with Crippen LogP contribution in [0, 0.1) is 17.9 Å². The molecule has 1 aliphatic carbocycles. The number of aromatic nitrogens is 2. The van der Waals surface area contributed by atoms with Gasteiger partial charge in [-0.1, -0.05) is 97.1 Å². The Bertz CT molecular complexity index is 2310. The molecule has 0 unspecified atom stereocenters. The second kappa shape index (κ2) is 10.4. The van der Waals surface area contributed by atoms with E-state index in [1.54, 1.807) is 24.5 Å². The fourth-order valence-electron chi connectivity index (χ4n) is 7.01. The second-order valence-corrected chi connectivity index (χ2v) is 11.2. The first kappa shape index (κ1) is 26.3. The van der Waals surface area contributed by atoms with Gasteiger partial charge in [-0.05, 0) is 80.6 Å². The minimum absolute atomic E-state index is 0.557. The zero-order valence-electron chi connectivity index (χ0n) is 24.1. The SMILES string of the molecule is [C-]#[N+]c1ccnc(-c2cc3c(c4ccccc24)-c2ccc(-c4cc(C#N)ccn4)cc2C3(c2ccccc2)c2ccccc2)c1. The Morgan fingerprint density at radius 3 is 1.98 bits per heavy atom. The minimum Gasteiger partial charge on any atom is -0.259 e. The first-order valence-corrected chi connectivity index (χ1v) is 14.7. The zero-order valence-corrected chi connectivity index (χ0v) is 24.1. The summed E-state index contributed by atoms with van der Waals surface area (Å²) in [6, 6.07) is 48.2. The lowest BCUT2D eigenvalue weighted by molar-refractivity contribution is 0.769. The van der Waals surface area contributed by atoms with Gasteiger partial charge in [0, 0.05) is 23.5 Å². The average molecular weight is 573 g/mol. The maximum atomic E-state index is 9.62. The van der Waals surface area contributed by atoms with E-state index in [1.165, 1.54) is 5.56 Å². The molecule has 2 aromatic heterocycles. The Kier molecular flexibility index (Phi) is 6.09. The van der Waals surface area contributed by atoms with Crippen molar-refractivity contribution in [2.45, 2.75) is 5.41 Å². The molecule has 0 bridgehead atoms. The molecule has 0 fully saturated rings. The van der Waals surface area contributed by atoms with Crippen molar-refractivity contribution in [1.29, 1.82) is 5.26 Å². The number of pyridine rings is 2. The van der Waals surface area contributed by atoms with E-state index >= 15 is 0 Å². The molecule has 208 valence electrons. The molecule has 7 aromatic rings. The Morgan fingerprint density at radius 1 is 0.600 bits per heavy atom. The molecule has 0 spiro atoms. The van der Waals surface area contributed by atoms with E-state index in [0.29, 0.717) is 11.3 Å². The first-order valence-electron chi connectivity index (χ1n) is 14.7. The van der Waals surface area contributed by atoms with Crippen molar-refractivity contribution in [3.05, 3.63) is 185 Å². The van der Waals surface area contributed by atoms with Gasteiger partial charge in [-0.25, -0.2) is 4.85 Å². The fourth-order valence-corrected chi connectivity index (χ4v) is 7.01. The summed E-state index contributed by atoms with van der Waals surface area (Å²) in [4.78, 5) is 13.1. The van der Waals surface area contributed by atoms with Crippen molar-refractivity contribution in [2.75, 3.05) is 0 Å². The number of nitriles is 1. The highest BCUT2D eigenvalue weighted by Gasteiger charge is 2.47. The van der Waals surface area contributed by atoms with E-state index in [9.17, 15) is 5.26 Å². The van der Waals surface area contributed by atoms with Crippen molar-refractivity contribution in [2.24, 2.45) is 0 Å². The van der Waals surface area contributed by atoms with Crippen LogP contribution < -0.4 is 0 Å². The van der Waals surface area contributed by atoms with Gasteiger partial charge in [0.15, 0.2) is 5.69 Å². The summed E-state index contributed by atoms with van der Waals surface area (Å²) in [5.74, 6) is 0. The normalized spacial score (nSPS) is 12.6.